The number of carbonyl (C=O) groups excluding carboxylic acids is 1. The average molecular weight is 491 g/mol. The Hall–Kier alpha value is -2.85. The number of sulfonamides is 1. The molecule has 0 radical (unpaired) electrons. The van der Waals surface area contributed by atoms with Crippen LogP contribution in [0.5, 0.6) is 0 Å². The van der Waals surface area contributed by atoms with Gasteiger partial charge in [0.05, 0.1) is 21.7 Å². The number of piperidine rings is 1. The third-order valence-electron chi connectivity index (χ3n) is 5.22. The maximum atomic E-state index is 12.9. The molecule has 0 N–H and O–H groups in total. The van der Waals surface area contributed by atoms with Crippen LogP contribution in [-0.2, 0) is 21.4 Å². The lowest BCUT2D eigenvalue weighted by molar-refractivity contribution is -0.384. The van der Waals surface area contributed by atoms with Crippen molar-refractivity contribution < 1.29 is 18.1 Å². The monoisotopic (exact) mass is 490 g/mol. The molecule has 1 fully saturated rings. The smallest absolute Gasteiger partial charge is 0.271 e. The van der Waals surface area contributed by atoms with Crippen LogP contribution in [0, 0.1) is 28.4 Å². The molecule has 2 aromatic heterocycles. The average Bonchev–Trinajstić information content (AvgIpc) is 3.43. The molecule has 0 unspecified atom stereocenters. The second kappa shape index (κ2) is 8.95. The quantitative estimate of drug-likeness (QED) is 0.310. The number of nitrogens with zero attached hydrogens (tertiary/aromatic N) is 4. The van der Waals surface area contributed by atoms with Gasteiger partial charge >= 0.3 is 0 Å². The number of thiazole rings is 1. The van der Waals surface area contributed by atoms with E-state index < -0.39 is 20.9 Å². The van der Waals surface area contributed by atoms with Gasteiger partial charge in [0.15, 0.2) is 4.80 Å². The lowest BCUT2D eigenvalue weighted by Crippen LogP contribution is -2.40. The maximum absolute atomic E-state index is 12.9. The zero-order chi connectivity index (χ0) is 22.9. The predicted molar refractivity (Wildman–Crippen MR) is 122 cm³/mol. The molecule has 1 saturated heterocycles. The summed E-state index contributed by atoms with van der Waals surface area (Å²) in [5.41, 5.74) is 0.476. The summed E-state index contributed by atoms with van der Waals surface area (Å²) in [4.78, 5) is 28.1. The lowest BCUT2D eigenvalue weighted by atomic mass is 9.98. The zero-order valence-electron chi connectivity index (χ0n) is 16.7. The van der Waals surface area contributed by atoms with Gasteiger partial charge in [-0.25, -0.2) is 8.42 Å². The highest BCUT2D eigenvalue weighted by Gasteiger charge is 2.32. The largest absolute Gasteiger partial charge is 0.304 e. The lowest BCUT2D eigenvalue weighted by Gasteiger charge is -2.29. The second-order valence-corrected chi connectivity index (χ2v) is 11.3. The van der Waals surface area contributed by atoms with Crippen molar-refractivity contribution in [3.63, 3.8) is 0 Å². The molecule has 0 spiro atoms. The van der Waals surface area contributed by atoms with Crippen molar-refractivity contribution in [3.05, 3.63) is 50.6 Å². The third-order valence-corrected chi connectivity index (χ3v) is 9.55. The van der Waals surface area contributed by atoms with E-state index in [9.17, 15) is 23.3 Å². The number of hydrogen-bond acceptors (Lipinski definition) is 7. The number of non-ortho nitro benzene ring substituents is 1. The highest BCUT2D eigenvalue weighted by atomic mass is 32.2. The number of benzene rings is 1. The Morgan fingerprint density at radius 3 is 2.69 bits per heavy atom. The third kappa shape index (κ3) is 4.24. The van der Waals surface area contributed by atoms with Crippen LogP contribution >= 0.6 is 22.7 Å². The fourth-order valence-electron chi connectivity index (χ4n) is 3.57. The molecule has 0 bridgehead atoms. The number of nitro benzene ring substituents is 1. The van der Waals surface area contributed by atoms with Gasteiger partial charge in [-0.3, -0.25) is 14.9 Å². The minimum Gasteiger partial charge on any atom is -0.304 e. The summed E-state index contributed by atoms with van der Waals surface area (Å²) in [6.45, 7) is 0.606. The van der Waals surface area contributed by atoms with Crippen LogP contribution < -0.4 is 4.80 Å². The zero-order valence-corrected chi connectivity index (χ0v) is 19.2. The number of hydrogen-bond donors (Lipinski definition) is 0. The van der Waals surface area contributed by atoms with Gasteiger partial charge in [0.2, 0.25) is 0 Å². The van der Waals surface area contributed by atoms with E-state index in [1.165, 1.54) is 39.1 Å². The summed E-state index contributed by atoms with van der Waals surface area (Å²) in [7, 11) is -3.54. The van der Waals surface area contributed by atoms with E-state index in [0.717, 1.165) is 4.70 Å². The molecule has 3 heterocycles. The summed E-state index contributed by atoms with van der Waals surface area (Å²) >= 11 is 2.40. The number of rotatable bonds is 5. The molecule has 1 aliphatic heterocycles. The van der Waals surface area contributed by atoms with Gasteiger partial charge in [-0.15, -0.1) is 17.8 Å². The summed E-state index contributed by atoms with van der Waals surface area (Å²) < 4.78 is 29.4. The van der Waals surface area contributed by atoms with Crippen LogP contribution in [0.15, 0.2) is 44.9 Å². The van der Waals surface area contributed by atoms with Crippen molar-refractivity contribution in [2.75, 3.05) is 13.1 Å². The number of aromatic nitrogens is 1. The van der Waals surface area contributed by atoms with E-state index >= 15 is 0 Å². The predicted octanol–water partition coefficient (Wildman–Crippen LogP) is 2.83. The highest BCUT2D eigenvalue weighted by Crippen LogP contribution is 2.27. The van der Waals surface area contributed by atoms with Gasteiger partial charge in [0, 0.05) is 31.1 Å². The Morgan fingerprint density at radius 1 is 1.31 bits per heavy atom. The number of thiophene rings is 1. The molecular formula is C20H18N4O5S3. The molecule has 0 atom stereocenters. The van der Waals surface area contributed by atoms with E-state index in [-0.39, 0.29) is 31.2 Å². The summed E-state index contributed by atoms with van der Waals surface area (Å²) in [5, 5.41) is 12.8. The molecule has 1 amide bonds. The summed E-state index contributed by atoms with van der Waals surface area (Å²) in [6, 6.07) is 7.69. The molecule has 1 aliphatic rings. The number of carbonyl (C=O) groups is 1. The summed E-state index contributed by atoms with van der Waals surface area (Å²) in [5.74, 6) is 1.75. The Bertz CT molecular complexity index is 1390. The van der Waals surface area contributed by atoms with Crippen LogP contribution in [0.25, 0.3) is 10.2 Å². The first-order valence-corrected chi connectivity index (χ1v) is 12.8. The van der Waals surface area contributed by atoms with E-state index in [0.29, 0.717) is 27.4 Å². The topological polar surface area (TPSA) is 115 Å². The molecule has 0 aliphatic carbocycles. The van der Waals surface area contributed by atoms with Crippen LogP contribution in [-0.4, -0.2) is 41.2 Å². The van der Waals surface area contributed by atoms with Crippen LogP contribution in [0.2, 0.25) is 0 Å². The molecule has 12 heteroatoms. The van der Waals surface area contributed by atoms with E-state index in [2.05, 4.69) is 10.9 Å². The molecule has 3 aromatic rings. The van der Waals surface area contributed by atoms with Crippen molar-refractivity contribution in [3.8, 4) is 12.3 Å². The first-order chi connectivity index (χ1) is 15.3. The summed E-state index contributed by atoms with van der Waals surface area (Å²) in [6.07, 6.45) is 6.21. The SMILES string of the molecule is C#CCn1c(=NC(=O)C2CCN(S(=O)(=O)c3cccs3)CC2)sc2ccc([N+](=O)[O-])cc21. The first kappa shape index (κ1) is 22.3. The van der Waals surface area contributed by atoms with Crippen molar-refractivity contribution >= 4 is 54.5 Å². The molecule has 4 rings (SSSR count). The van der Waals surface area contributed by atoms with Crippen LogP contribution in [0.4, 0.5) is 5.69 Å². The molecule has 166 valence electrons. The fraction of sp³-hybridized carbons (Fsp3) is 0.300. The molecular weight excluding hydrogens is 472 g/mol. The van der Waals surface area contributed by atoms with Gasteiger partial charge in [-0.05, 0) is 30.4 Å². The van der Waals surface area contributed by atoms with Crippen LogP contribution in [0.1, 0.15) is 12.8 Å². The van der Waals surface area contributed by atoms with E-state index in [1.54, 1.807) is 28.1 Å². The number of nitro groups is 1. The Labute approximate surface area is 191 Å². The molecule has 32 heavy (non-hydrogen) atoms. The fourth-order valence-corrected chi connectivity index (χ4v) is 7.20. The van der Waals surface area contributed by atoms with Crippen molar-refractivity contribution in [2.24, 2.45) is 10.9 Å². The second-order valence-electron chi connectivity index (χ2n) is 7.14. The van der Waals surface area contributed by atoms with Crippen molar-refractivity contribution in [2.45, 2.75) is 23.6 Å². The van der Waals surface area contributed by atoms with E-state index in [4.69, 9.17) is 6.42 Å². The van der Waals surface area contributed by atoms with Crippen LogP contribution in [0.3, 0.4) is 0 Å². The van der Waals surface area contributed by atoms with Gasteiger partial charge < -0.3 is 4.57 Å². The number of amides is 1. The Morgan fingerprint density at radius 2 is 2.06 bits per heavy atom. The number of terminal acetylenes is 1. The maximum Gasteiger partial charge on any atom is 0.271 e. The Balaban J connectivity index is 1.57. The molecule has 9 nitrogen and oxygen atoms in total. The van der Waals surface area contributed by atoms with Gasteiger partial charge in [0.1, 0.15) is 4.21 Å². The normalized spacial score (nSPS) is 16.3. The first-order valence-electron chi connectivity index (χ1n) is 9.64. The van der Waals surface area contributed by atoms with Gasteiger partial charge in [-0.2, -0.15) is 9.30 Å². The molecule has 1 aromatic carbocycles. The minimum atomic E-state index is -3.54. The van der Waals surface area contributed by atoms with Gasteiger partial charge in [-0.1, -0.05) is 23.3 Å². The van der Waals surface area contributed by atoms with Crippen molar-refractivity contribution in [1.29, 1.82) is 0 Å². The van der Waals surface area contributed by atoms with Crippen molar-refractivity contribution in [1.82, 2.24) is 8.87 Å². The van der Waals surface area contributed by atoms with Gasteiger partial charge in [0.25, 0.3) is 21.6 Å². The minimum absolute atomic E-state index is 0.0710. The number of fused-ring (bicyclic) bond motifs is 1. The van der Waals surface area contributed by atoms with E-state index in [1.807, 2.05) is 0 Å². The highest BCUT2D eigenvalue weighted by molar-refractivity contribution is 7.91. The molecule has 0 saturated carbocycles. The Kier molecular flexibility index (Phi) is 6.25. The standard InChI is InChI=1S/C20H18N4O5S3/c1-2-9-23-16-13-15(24(26)27)5-6-17(16)31-20(23)21-19(25)14-7-10-22(11-8-14)32(28,29)18-4-3-12-30-18/h1,3-6,12-14H,7-11H2.